The van der Waals surface area contributed by atoms with Gasteiger partial charge in [0.25, 0.3) is 0 Å². The Hall–Kier alpha value is -3.38. The molecule has 0 aliphatic carbocycles. The summed E-state index contributed by atoms with van der Waals surface area (Å²) < 4.78 is 4.58. The number of carbonyl (C=O) groups excluding carboxylic acids is 1. The van der Waals surface area contributed by atoms with E-state index in [0.717, 1.165) is 97.0 Å². The van der Waals surface area contributed by atoms with Gasteiger partial charge in [-0.3, -0.25) is 9.59 Å². The Morgan fingerprint density at radius 3 is 1.09 bits per heavy atom. The van der Waals surface area contributed by atoms with Gasteiger partial charge in [-0.05, 0) is 89.9 Å². The van der Waals surface area contributed by atoms with E-state index in [0.29, 0.717) is 19.3 Å². The summed E-state index contributed by atoms with van der Waals surface area (Å²) in [6.45, 7) is 4.33. The van der Waals surface area contributed by atoms with Gasteiger partial charge in [0.15, 0.2) is 0 Å². The Balaban J connectivity index is -0.000000783. The van der Waals surface area contributed by atoms with Crippen LogP contribution in [0.3, 0.4) is 0 Å². The van der Waals surface area contributed by atoms with Gasteiger partial charge in [-0.15, -0.1) is 47.4 Å². The van der Waals surface area contributed by atoms with Crippen LogP contribution in [-0.2, 0) is 14.3 Å². The first-order valence-corrected chi connectivity index (χ1v) is 17.9. The van der Waals surface area contributed by atoms with E-state index in [1.54, 1.807) is 0 Å². The van der Waals surface area contributed by atoms with Crippen LogP contribution in [0.25, 0.3) is 0 Å². The van der Waals surface area contributed by atoms with Crippen molar-refractivity contribution in [3.05, 3.63) is 24.3 Å². The highest BCUT2D eigenvalue weighted by Gasteiger charge is 1.97. The third-order valence-corrected chi connectivity index (χ3v) is 6.46. The van der Waals surface area contributed by atoms with Gasteiger partial charge < -0.3 is 14.9 Å². The first kappa shape index (κ1) is 48.0. The largest absolute Gasteiger partial charge is 0.481 e. The highest BCUT2D eigenvalue weighted by Crippen LogP contribution is 2.03. The van der Waals surface area contributed by atoms with E-state index >= 15 is 0 Å². The van der Waals surface area contributed by atoms with Gasteiger partial charge in [0.1, 0.15) is 0 Å². The van der Waals surface area contributed by atoms with Crippen LogP contribution in [0.1, 0.15) is 168 Å². The number of aliphatic carboxylic acids is 1. The van der Waals surface area contributed by atoms with E-state index in [-0.39, 0.29) is 12.4 Å². The molecule has 0 amide bonds. The van der Waals surface area contributed by atoms with Crippen LogP contribution >= 0.6 is 0 Å². The predicted molar refractivity (Wildman–Crippen MR) is 199 cm³/mol. The Kier molecular flexibility index (Phi) is 48.1. The lowest BCUT2D eigenvalue weighted by Gasteiger charge is -1.94. The second-order valence-electron chi connectivity index (χ2n) is 10.8. The first-order chi connectivity index (χ1) is 23.1. The zero-order chi connectivity index (χ0) is 35.3. The molecule has 2 N–H and O–H groups in total. The van der Waals surface area contributed by atoms with Gasteiger partial charge in [0.05, 0.1) is 7.11 Å². The van der Waals surface area contributed by atoms with E-state index in [4.69, 9.17) is 10.2 Å². The molecule has 0 aromatic rings. The van der Waals surface area contributed by atoms with E-state index in [1.807, 2.05) is 0 Å². The minimum Gasteiger partial charge on any atom is -0.481 e. The lowest BCUT2D eigenvalue weighted by molar-refractivity contribution is -0.140. The molecule has 47 heavy (non-hydrogen) atoms. The number of aliphatic hydroxyl groups is 1. The third-order valence-electron chi connectivity index (χ3n) is 6.46. The lowest BCUT2D eigenvalue weighted by atomic mass is 10.1. The van der Waals surface area contributed by atoms with Crippen molar-refractivity contribution in [1.82, 2.24) is 0 Å². The summed E-state index contributed by atoms with van der Waals surface area (Å²) in [5.41, 5.74) is 0. The number of hydrogen-bond donors (Lipinski definition) is 2. The predicted octanol–water partition coefficient (Wildman–Crippen LogP) is 10.4. The van der Waals surface area contributed by atoms with E-state index in [9.17, 15) is 9.59 Å². The maximum absolute atomic E-state index is 10.9. The molecule has 0 saturated carbocycles. The molecule has 0 bridgehead atoms. The number of esters is 1. The van der Waals surface area contributed by atoms with Crippen molar-refractivity contribution >= 4 is 11.9 Å². The molecule has 0 saturated heterocycles. The summed E-state index contributed by atoms with van der Waals surface area (Å²) >= 11 is 0. The Morgan fingerprint density at radius 1 is 0.489 bits per heavy atom. The van der Waals surface area contributed by atoms with Crippen LogP contribution in [-0.4, -0.2) is 36.4 Å². The standard InChI is InChI=1S/C21H32O2.C20H30O2.CH4O/c1-3-4-5-6-7-8-9-10-11-12-13-14-15-16-17-18-19-20-21(22)23-2;1-2-3-4-5-6-7-8-9-10-11-12-13-14-15-16-17-18-19-20(21)22;1-2/h4-5H,3,6-9,12-15,18-20H2,1-2H3;3-4H,2,5-8,11-14,17-19H2,1H3,(H,21,22);2H,1H3/b5-4-;4-3-;. The molecule has 0 radical (unpaired) electrons. The minimum atomic E-state index is -0.738. The monoisotopic (exact) mass is 650 g/mol. The van der Waals surface area contributed by atoms with Gasteiger partial charge >= 0.3 is 11.9 Å². The average molecular weight is 651 g/mol. The van der Waals surface area contributed by atoms with Crippen molar-refractivity contribution in [2.75, 3.05) is 14.2 Å². The van der Waals surface area contributed by atoms with Gasteiger partial charge in [0, 0.05) is 71.3 Å². The summed E-state index contributed by atoms with van der Waals surface area (Å²) in [5.74, 6) is 24.5. The van der Waals surface area contributed by atoms with Crippen LogP contribution in [0.15, 0.2) is 24.3 Å². The molecule has 0 aliphatic rings. The molecule has 5 nitrogen and oxygen atoms in total. The number of hydrogen-bond acceptors (Lipinski definition) is 4. The average Bonchev–Trinajstić information content (AvgIpc) is 3.08. The molecule has 0 fully saturated rings. The summed E-state index contributed by atoms with van der Waals surface area (Å²) in [6.07, 6.45) is 32.4. The Bertz CT molecular complexity index is 1010. The van der Waals surface area contributed by atoms with Crippen molar-refractivity contribution in [2.45, 2.75) is 168 Å². The first-order valence-electron chi connectivity index (χ1n) is 17.9. The lowest BCUT2D eigenvalue weighted by Crippen LogP contribution is -1.98. The number of carboxylic acids is 1. The number of aliphatic hydroxyl groups excluding tert-OH is 1. The van der Waals surface area contributed by atoms with Crippen molar-refractivity contribution in [3.8, 4) is 47.4 Å². The van der Waals surface area contributed by atoms with Crippen LogP contribution in [0, 0.1) is 47.4 Å². The van der Waals surface area contributed by atoms with Crippen molar-refractivity contribution in [3.63, 3.8) is 0 Å². The van der Waals surface area contributed by atoms with Crippen molar-refractivity contribution < 1.29 is 24.5 Å². The fourth-order valence-corrected chi connectivity index (χ4v) is 3.83. The SMILES string of the molecule is CC/C=C\CCCCC#CCCCCC#CCCCC(=O)O.CC/C=C\CCCCC#CCCCCC#CCCCC(=O)OC.CO. The van der Waals surface area contributed by atoms with Gasteiger partial charge in [-0.25, -0.2) is 0 Å². The molecule has 0 aromatic heterocycles. The van der Waals surface area contributed by atoms with E-state index < -0.39 is 5.97 Å². The molecule has 0 rings (SSSR count). The van der Waals surface area contributed by atoms with Crippen LogP contribution in [0.4, 0.5) is 0 Å². The molecular formula is C42H66O5. The number of carboxylic acid groups (broad SMARTS) is 1. The topological polar surface area (TPSA) is 83.8 Å². The van der Waals surface area contributed by atoms with E-state index in [1.165, 1.54) is 45.6 Å². The second kappa shape index (κ2) is 47.0. The van der Waals surface area contributed by atoms with Crippen molar-refractivity contribution in [2.24, 2.45) is 0 Å². The molecule has 264 valence electrons. The van der Waals surface area contributed by atoms with Gasteiger partial charge in [-0.1, -0.05) is 38.2 Å². The smallest absolute Gasteiger partial charge is 0.305 e. The molecule has 0 heterocycles. The Morgan fingerprint density at radius 2 is 0.787 bits per heavy atom. The number of methoxy groups -OCH3 is 1. The summed E-state index contributed by atoms with van der Waals surface area (Å²) in [4.78, 5) is 21.2. The molecule has 5 heteroatoms. The number of ether oxygens (including phenoxy) is 1. The summed E-state index contributed by atoms with van der Waals surface area (Å²) in [7, 11) is 2.42. The zero-order valence-corrected chi connectivity index (χ0v) is 30.4. The highest BCUT2D eigenvalue weighted by atomic mass is 16.5. The maximum Gasteiger partial charge on any atom is 0.305 e. The molecule has 0 aliphatic heterocycles. The molecule has 0 unspecified atom stereocenters. The quantitative estimate of drug-likeness (QED) is 0.0527. The van der Waals surface area contributed by atoms with E-state index in [2.05, 4.69) is 90.3 Å². The molecule has 0 aromatic carbocycles. The number of carbonyl (C=O) groups is 2. The summed E-state index contributed by atoms with van der Waals surface area (Å²) in [6, 6.07) is 0. The third kappa shape index (κ3) is 52.4. The van der Waals surface area contributed by atoms with Gasteiger partial charge in [0.2, 0.25) is 0 Å². The molecule has 0 spiro atoms. The van der Waals surface area contributed by atoms with Gasteiger partial charge in [-0.2, -0.15) is 0 Å². The highest BCUT2D eigenvalue weighted by molar-refractivity contribution is 5.69. The zero-order valence-electron chi connectivity index (χ0n) is 30.4. The second-order valence-corrected chi connectivity index (χ2v) is 10.8. The minimum absolute atomic E-state index is 0.150. The number of rotatable bonds is 22. The van der Waals surface area contributed by atoms with Crippen LogP contribution in [0.2, 0.25) is 0 Å². The summed E-state index contributed by atoms with van der Waals surface area (Å²) in [5, 5.41) is 15.5. The fraction of sp³-hybridized carbons (Fsp3) is 0.667. The van der Waals surface area contributed by atoms with Crippen LogP contribution in [0.5, 0.6) is 0 Å². The van der Waals surface area contributed by atoms with Crippen LogP contribution < -0.4 is 0 Å². The van der Waals surface area contributed by atoms with Crippen molar-refractivity contribution in [1.29, 1.82) is 0 Å². The number of unbranched alkanes of at least 4 members (excludes halogenated alkanes) is 14. The number of allylic oxidation sites excluding steroid dienone is 4. The molecular weight excluding hydrogens is 584 g/mol. The maximum atomic E-state index is 10.9. The normalized spacial score (nSPS) is 9.55. The molecule has 0 atom stereocenters. The fourth-order valence-electron chi connectivity index (χ4n) is 3.83. The Labute approximate surface area is 289 Å².